The van der Waals surface area contributed by atoms with Crippen molar-refractivity contribution in [1.29, 1.82) is 0 Å². The molecule has 0 spiro atoms. The lowest BCUT2D eigenvalue weighted by atomic mass is 10.2. The number of hydrogen-bond donors (Lipinski definition) is 2. The topological polar surface area (TPSA) is 33.3 Å². The van der Waals surface area contributed by atoms with E-state index in [0.717, 1.165) is 38.0 Å². The van der Waals surface area contributed by atoms with Crippen molar-refractivity contribution in [3.63, 3.8) is 0 Å². The Morgan fingerprint density at radius 2 is 1.94 bits per heavy atom. The Bertz CT molecular complexity index is 319. The van der Waals surface area contributed by atoms with Gasteiger partial charge in [0.2, 0.25) is 0 Å². The van der Waals surface area contributed by atoms with Crippen molar-refractivity contribution < 1.29 is 4.74 Å². The molecule has 1 aliphatic rings. The summed E-state index contributed by atoms with van der Waals surface area (Å²) in [5, 5.41) is 6.92. The van der Waals surface area contributed by atoms with E-state index >= 15 is 0 Å². The lowest BCUT2D eigenvalue weighted by molar-refractivity contribution is 0.340. The van der Waals surface area contributed by atoms with E-state index < -0.39 is 0 Å². The molecule has 94 valence electrons. The maximum atomic E-state index is 5.41. The van der Waals surface area contributed by atoms with Gasteiger partial charge < -0.3 is 15.4 Å². The van der Waals surface area contributed by atoms with Crippen LogP contribution in [0.2, 0.25) is 0 Å². The molecule has 0 bridgehead atoms. The molecule has 0 aromatic heterocycles. The maximum Gasteiger partial charge on any atom is 0.119 e. The van der Waals surface area contributed by atoms with E-state index in [-0.39, 0.29) is 0 Å². The van der Waals surface area contributed by atoms with Gasteiger partial charge >= 0.3 is 0 Å². The average Bonchev–Trinajstić information content (AvgIpc) is 3.15. The molecular formula is C14H22N2O. The van der Waals surface area contributed by atoms with Gasteiger partial charge in [-0.25, -0.2) is 0 Å². The molecule has 0 atom stereocenters. The van der Waals surface area contributed by atoms with Gasteiger partial charge in [0.1, 0.15) is 5.75 Å². The summed E-state index contributed by atoms with van der Waals surface area (Å²) in [5.74, 6) is 0.951. The predicted molar refractivity (Wildman–Crippen MR) is 70.3 cm³/mol. The summed E-state index contributed by atoms with van der Waals surface area (Å²) in [6.45, 7) is 5.76. The monoisotopic (exact) mass is 234 g/mol. The second-order valence-corrected chi connectivity index (χ2v) is 4.48. The molecule has 0 radical (unpaired) electrons. The van der Waals surface area contributed by atoms with E-state index in [9.17, 15) is 0 Å². The Labute approximate surface area is 104 Å². The molecule has 1 aromatic carbocycles. The second kappa shape index (κ2) is 6.62. The number of ether oxygens (including phenoxy) is 1. The highest BCUT2D eigenvalue weighted by Gasteiger charge is 2.19. The van der Waals surface area contributed by atoms with Gasteiger partial charge in [0.25, 0.3) is 0 Å². The lowest BCUT2D eigenvalue weighted by Gasteiger charge is -2.07. The zero-order valence-electron chi connectivity index (χ0n) is 10.5. The Kier molecular flexibility index (Phi) is 4.83. The fraction of sp³-hybridized carbons (Fsp3) is 0.571. The zero-order valence-corrected chi connectivity index (χ0v) is 10.5. The Hall–Kier alpha value is -1.06. The third kappa shape index (κ3) is 4.75. The van der Waals surface area contributed by atoms with Crippen molar-refractivity contribution in [2.45, 2.75) is 32.4 Å². The van der Waals surface area contributed by atoms with E-state index in [1.807, 2.05) is 19.1 Å². The van der Waals surface area contributed by atoms with Gasteiger partial charge in [-0.2, -0.15) is 0 Å². The van der Waals surface area contributed by atoms with Gasteiger partial charge in [0.05, 0.1) is 6.61 Å². The fourth-order valence-electron chi connectivity index (χ4n) is 1.76. The molecule has 0 heterocycles. The molecule has 1 aromatic rings. The Morgan fingerprint density at radius 3 is 2.59 bits per heavy atom. The summed E-state index contributed by atoms with van der Waals surface area (Å²) in [6.07, 6.45) is 2.72. The van der Waals surface area contributed by atoms with Crippen LogP contribution in [0.5, 0.6) is 5.75 Å². The number of rotatable bonds is 8. The largest absolute Gasteiger partial charge is 0.494 e. The number of hydrogen-bond acceptors (Lipinski definition) is 3. The summed E-state index contributed by atoms with van der Waals surface area (Å²) in [5.41, 5.74) is 1.31. The van der Waals surface area contributed by atoms with Crippen molar-refractivity contribution in [2.75, 3.05) is 19.7 Å². The van der Waals surface area contributed by atoms with Crippen LogP contribution in [-0.2, 0) is 6.54 Å². The zero-order chi connectivity index (χ0) is 11.9. The van der Waals surface area contributed by atoms with E-state index in [1.54, 1.807) is 0 Å². The highest BCUT2D eigenvalue weighted by molar-refractivity contribution is 5.27. The van der Waals surface area contributed by atoms with Crippen molar-refractivity contribution in [3.8, 4) is 5.75 Å². The normalized spacial score (nSPS) is 14.9. The van der Waals surface area contributed by atoms with Crippen LogP contribution in [0, 0.1) is 0 Å². The summed E-state index contributed by atoms with van der Waals surface area (Å²) < 4.78 is 5.41. The lowest BCUT2D eigenvalue weighted by Crippen LogP contribution is -2.28. The SMILES string of the molecule is CCOc1ccc(CNCCNC2CC2)cc1. The first kappa shape index (κ1) is 12.4. The minimum absolute atomic E-state index is 0.727. The first-order valence-electron chi connectivity index (χ1n) is 6.54. The van der Waals surface area contributed by atoms with E-state index in [2.05, 4.69) is 22.8 Å². The molecule has 0 unspecified atom stereocenters. The van der Waals surface area contributed by atoms with Crippen LogP contribution in [0.1, 0.15) is 25.3 Å². The Morgan fingerprint density at radius 1 is 1.18 bits per heavy atom. The Balaban J connectivity index is 1.60. The molecule has 1 aliphatic carbocycles. The van der Waals surface area contributed by atoms with Crippen LogP contribution in [-0.4, -0.2) is 25.7 Å². The van der Waals surface area contributed by atoms with Crippen LogP contribution >= 0.6 is 0 Å². The van der Waals surface area contributed by atoms with Crippen LogP contribution in [0.25, 0.3) is 0 Å². The van der Waals surface area contributed by atoms with Gasteiger partial charge in [-0.05, 0) is 37.5 Å². The van der Waals surface area contributed by atoms with Crippen LogP contribution in [0.15, 0.2) is 24.3 Å². The molecule has 3 nitrogen and oxygen atoms in total. The first-order chi connectivity index (χ1) is 8.38. The molecule has 1 saturated carbocycles. The molecule has 3 heteroatoms. The fourth-order valence-corrected chi connectivity index (χ4v) is 1.76. The maximum absolute atomic E-state index is 5.41. The molecular weight excluding hydrogens is 212 g/mol. The summed E-state index contributed by atoms with van der Waals surface area (Å²) in [7, 11) is 0. The highest BCUT2D eigenvalue weighted by Crippen LogP contribution is 2.17. The van der Waals surface area contributed by atoms with Crippen LogP contribution in [0.3, 0.4) is 0 Å². The standard InChI is InChI=1S/C14H22N2O/c1-2-17-14-7-3-12(4-8-14)11-15-9-10-16-13-5-6-13/h3-4,7-8,13,15-16H,2,5-6,9-11H2,1H3. The molecule has 0 aliphatic heterocycles. The average molecular weight is 234 g/mol. The van der Waals surface area contributed by atoms with Crippen LogP contribution in [0.4, 0.5) is 0 Å². The number of benzene rings is 1. The van der Waals surface area contributed by atoms with Gasteiger partial charge in [-0.1, -0.05) is 12.1 Å². The third-order valence-electron chi connectivity index (χ3n) is 2.88. The van der Waals surface area contributed by atoms with Crippen LogP contribution < -0.4 is 15.4 Å². The van der Waals surface area contributed by atoms with Gasteiger partial charge in [0, 0.05) is 25.7 Å². The van der Waals surface area contributed by atoms with Crippen molar-refractivity contribution in [2.24, 2.45) is 0 Å². The minimum Gasteiger partial charge on any atom is -0.494 e. The molecule has 0 amide bonds. The first-order valence-corrected chi connectivity index (χ1v) is 6.54. The molecule has 0 saturated heterocycles. The van der Waals surface area contributed by atoms with E-state index in [0.29, 0.717) is 0 Å². The van der Waals surface area contributed by atoms with E-state index in [4.69, 9.17) is 4.74 Å². The smallest absolute Gasteiger partial charge is 0.119 e. The van der Waals surface area contributed by atoms with Gasteiger partial charge in [-0.15, -0.1) is 0 Å². The molecule has 1 fully saturated rings. The summed E-state index contributed by atoms with van der Waals surface area (Å²) in [6, 6.07) is 9.10. The summed E-state index contributed by atoms with van der Waals surface area (Å²) in [4.78, 5) is 0. The molecule has 2 N–H and O–H groups in total. The van der Waals surface area contributed by atoms with Gasteiger partial charge in [-0.3, -0.25) is 0 Å². The van der Waals surface area contributed by atoms with Crippen molar-refractivity contribution >= 4 is 0 Å². The van der Waals surface area contributed by atoms with Crippen molar-refractivity contribution in [1.82, 2.24) is 10.6 Å². The number of nitrogens with one attached hydrogen (secondary N) is 2. The quantitative estimate of drug-likeness (QED) is 0.674. The van der Waals surface area contributed by atoms with Gasteiger partial charge in [0.15, 0.2) is 0 Å². The molecule has 17 heavy (non-hydrogen) atoms. The van der Waals surface area contributed by atoms with Crippen molar-refractivity contribution in [3.05, 3.63) is 29.8 Å². The second-order valence-electron chi connectivity index (χ2n) is 4.48. The third-order valence-corrected chi connectivity index (χ3v) is 2.88. The summed E-state index contributed by atoms with van der Waals surface area (Å²) >= 11 is 0. The predicted octanol–water partition coefficient (Wildman–Crippen LogP) is 1.93. The molecule has 2 rings (SSSR count). The minimum atomic E-state index is 0.727. The highest BCUT2D eigenvalue weighted by atomic mass is 16.5. The van der Waals surface area contributed by atoms with E-state index in [1.165, 1.54) is 18.4 Å².